The molecule has 18 heavy (non-hydrogen) atoms. The van der Waals surface area contributed by atoms with Gasteiger partial charge in [0.1, 0.15) is 5.69 Å². The number of nitrogen functional groups attached to an aromatic ring is 1. The van der Waals surface area contributed by atoms with Crippen LogP contribution < -0.4 is 11.3 Å². The largest absolute Gasteiger partial charge is 0.393 e. The third-order valence-electron chi connectivity index (χ3n) is 2.50. The first-order chi connectivity index (χ1) is 8.14. The van der Waals surface area contributed by atoms with Crippen molar-refractivity contribution in [3.8, 4) is 0 Å². The first kappa shape index (κ1) is 13.9. The smallest absolute Gasteiger partial charge is 0.356 e. The van der Waals surface area contributed by atoms with Crippen molar-refractivity contribution in [2.45, 2.75) is 27.3 Å². The van der Waals surface area contributed by atoms with E-state index >= 15 is 0 Å². The number of Topliss-reactive ketones (excluding diaryl/α,β-unsaturated/α-hetero) is 1. The number of ketones is 1. The zero-order valence-electron chi connectivity index (χ0n) is 10.5. The molecule has 1 rings (SSSR count). The Kier molecular flexibility index (Phi) is 3.54. The topological polar surface area (TPSA) is 108 Å². The van der Waals surface area contributed by atoms with E-state index < -0.39 is 21.6 Å². The number of hydrogen-bond donors (Lipinski definition) is 1. The van der Waals surface area contributed by atoms with E-state index in [1.807, 2.05) is 0 Å². The molecule has 0 aromatic carbocycles. The Morgan fingerprint density at radius 3 is 2.50 bits per heavy atom. The van der Waals surface area contributed by atoms with Gasteiger partial charge in [-0.05, 0) is 6.07 Å². The van der Waals surface area contributed by atoms with Crippen LogP contribution in [-0.4, -0.2) is 15.3 Å². The van der Waals surface area contributed by atoms with Gasteiger partial charge >= 0.3 is 11.2 Å². The average Bonchev–Trinajstić information content (AvgIpc) is 2.20. The second kappa shape index (κ2) is 4.59. The number of nitrogens with zero attached hydrogens (tertiary/aromatic N) is 2. The zero-order chi connectivity index (χ0) is 14.1. The number of rotatable bonds is 3. The van der Waals surface area contributed by atoms with E-state index in [-0.39, 0.29) is 18.0 Å². The summed E-state index contributed by atoms with van der Waals surface area (Å²) in [4.78, 5) is 33.4. The second-order valence-electron chi connectivity index (χ2n) is 4.98. The van der Waals surface area contributed by atoms with Gasteiger partial charge in [0.25, 0.3) is 0 Å². The van der Waals surface area contributed by atoms with Gasteiger partial charge in [-0.25, -0.2) is 0 Å². The fourth-order valence-corrected chi connectivity index (χ4v) is 1.28. The van der Waals surface area contributed by atoms with E-state index in [9.17, 15) is 19.7 Å². The highest BCUT2D eigenvalue weighted by Crippen LogP contribution is 2.17. The molecular weight excluding hydrogens is 238 g/mol. The van der Waals surface area contributed by atoms with Crippen LogP contribution in [0.3, 0.4) is 0 Å². The summed E-state index contributed by atoms with van der Waals surface area (Å²) in [5.41, 5.74) is 2.99. The molecule has 7 heteroatoms. The summed E-state index contributed by atoms with van der Waals surface area (Å²) in [6.07, 6.45) is 1.29. The van der Waals surface area contributed by atoms with Crippen LogP contribution in [0.1, 0.15) is 20.8 Å². The molecule has 0 fully saturated rings. The minimum absolute atomic E-state index is 0.191. The van der Waals surface area contributed by atoms with E-state index in [0.717, 1.165) is 4.57 Å². The van der Waals surface area contributed by atoms with Crippen LogP contribution in [0.2, 0.25) is 0 Å². The molecule has 0 spiro atoms. The van der Waals surface area contributed by atoms with Crippen LogP contribution in [0.25, 0.3) is 0 Å². The van der Waals surface area contributed by atoms with Gasteiger partial charge in [-0.15, -0.1) is 0 Å². The molecule has 0 aliphatic carbocycles. The molecule has 0 radical (unpaired) electrons. The molecule has 0 bridgehead atoms. The lowest BCUT2D eigenvalue weighted by Gasteiger charge is -2.17. The molecule has 1 heterocycles. The summed E-state index contributed by atoms with van der Waals surface area (Å²) in [6, 6.07) is 1.25. The van der Waals surface area contributed by atoms with E-state index in [2.05, 4.69) is 0 Å². The number of carbonyl (C=O) groups is 1. The maximum absolute atomic E-state index is 11.8. The average molecular weight is 253 g/mol. The van der Waals surface area contributed by atoms with Crippen molar-refractivity contribution in [2.24, 2.45) is 5.41 Å². The molecule has 7 nitrogen and oxygen atoms in total. The van der Waals surface area contributed by atoms with Crippen molar-refractivity contribution in [2.75, 3.05) is 5.73 Å². The number of hydrogen-bond acceptors (Lipinski definition) is 5. The molecule has 0 saturated heterocycles. The zero-order valence-corrected chi connectivity index (χ0v) is 10.5. The van der Waals surface area contributed by atoms with Crippen molar-refractivity contribution in [1.29, 1.82) is 0 Å². The molecule has 98 valence electrons. The van der Waals surface area contributed by atoms with Gasteiger partial charge in [0.2, 0.25) is 0 Å². The van der Waals surface area contributed by atoms with Gasteiger partial charge in [-0.3, -0.25) is 19.7 Å². The van der Waals surface area contributed by atoms with Crippen LogP contribution in [0.15, 0.2) is 17.1 Å². The van der Waals surface area contributed by atoms with E-state index in [0.29, 0.717) is 0 Å². The Hall–Kier alpha value is -2.18. The van der Waals surface area contributed by atoms with Crippen LogP contribution in [0, 0.1) is 15.5 Å². The normalized spacial score (nSPS) is 11.3. The third-order valence-corrected chi connectivity index (χ3v) is 2.50. The summed E-state index contributed by atoms with van der Waals surface area (Å²) in [5, 5.41) is 10.7. The molecule has 2 N–H and O–H groups in total. The molecule has 0 unspecified atom stereocenters. The molecule has 0 amide bonds. The van der Waals surface area contributed by atoms with Gasteiger partial charge in [-0.1, -0.05) is 20.8 Å². The minimum Gasteiger partial charge on any atom is -0.393 e. The van der Waals surface area contributed by atoms with Crippen LogP contribution >= 0.6 is 0 Å². The second-order valence-corrected chi connectivity index (χ2v) is 4.98. The lowest BCUT2D eigenvalue weighted by molar-refractivity contribution is -0.385. The number of nitro groups is 1. The molecular formula is C11H15N3O4. The molecule has 0 aliphatic rings. The molecule has 0 aliphatic heterocycles. The SMILES string of the molecule is CC(C)(C)C(=O)Cn1ccc(N)c([N+](=O)[O-])c1=O. The number of anilines is 1. The Labute approximate surface area is 103 Å². The van der Waals surface area contributed by atoms with E-state index in [1.165, 1.54) is 12.3 Å². The minimum atomic E-state index is -0.863. The number of aromatic nitrogens is 1. The number of carbonyl (C=O) groups excluding carboxylic acids is 1. The van der Waals surface area contributed by atoms with Gasteiger partial charge in [0, 0.05) is 11.6 Å². The van der Waals surface area contributed by atoms with Gasteiger partial charge < -0.3 is 10.3 Å². The predicted molar refractivity (Wildman–Crippen MR) is 66.2 cm³/mol. The maximum Gasteiger partial charge on any atom is 0.356 e. The summed E-state index contributed by atoms with van der Waals surface area (Å²) < 4.78 is 1.00. The molecule has 1 aromatic rings. The van der Waals surface area contributed by atoms with Crippen molar-refractivity contribution in [3.63, 3.8) is 0 Å². The fraction of sp³-hybridized carbons (Fsp3) is 0.455. The number of nitrogens with two attached hydrogens (primary N) is 1. The number of pyridine rings is 1. The Morgan fingerprint density at radius 2 is 2.06 bits per heavy atom. The van der Waals surface area contributed by atoms with Crippen molar-refractivity contribution < 1.29 is 9.72 Å². The first-order valence-corrected chi connectivity index (χ1v) is 5.31. The molecule has 0 atom stereocenters. The maximum atomic E-state index is 11.8. The Balaban J connectivity index is 3.22. The molecule has 0 saturated carbocycles. The highest BCUT2D eigenvalue weighted by molar-refractivity contribution is 5.83. The lowest BCUT2D eigenvalue weighted by atomic mass is 9.91. The summed E-state index contributed by atoms with van der Waals surface area (Å²) in [7, 11) is 0. The summed E-state index contributed by atoms with van der Waals surface area (Å²) >= 11 is 0. The molecule has 1 aromatic heterocycles. The van der Waals surface area contributed by atoms with Gasteiger partial charge in [0.05, 0.1) is 11.5 Å². The Morgan fingerprint density at radius 1 is 1.50 bits per heavy atom. The fourth-order valence-electron chi connectivity index (χ4n) is 1.28. The summed E-state index contributed by atoms with van der Waals surface area (Å²) in [6.45, 7) is 4.94. The third kappa shape index (κ3) is 2.73. The van der Waals surface area contributed by atoms with Crippen LogP contribution in [-0.2, 0) is 11.3 Å². The highest BCUT2D eigenvalue weighted by atomic mass is 16.6. The predicted octanol–water partition coefficient (Wildman–Crippen LogP) is 0.954. The van der Waals surface area contributed by atoms with Gasteiger partial charge in [-0.2, -0.15) is 0 Å². The highest BCUT2D eigenvalue weighted by Gasteiger charge is 2.24. The quantitative estimate of drug-likeness (QED) is 0.637. The van der Waals surface area contributed by atoms with Crippen molar-refractivity contribution >= 4 is 17.2 Å². The van der Waals surface area contributed by atoms with Crippen molar-refractivity contribution in [3.05, 3.63) is 32.7 Å². The van der Waals surface area contributed by atoms with E-state index in [4.69, 9.17) is 5.73 Å². The van der Waals surface area contributed by atoms with Crippen molar-refractivity contribution in [1.82, 2.24) is 4.57 Å². The van der Waals surface area contributed by atoms with E-state index in [1.54, 1.807) is 20.8 Å². The summed E-state index contributed by atoms with van der Waals surface area (Å²) in [5.74, 6) is -0.191. The monoisotopic (exact) mass is 253 g/mol. The van der Waals surface area contributed by atoms with Crippen LogP contribution in [0.5, 0.6) is 0 Å². The van der Waals surface area contributed by atoms with Gasteiger partial charge in [0.15, 0.2) is 5.78 Å². The lowest BCUT2D eigenvalue weighted by Crippen LogP contribution is -2.31. The van der Waals surface area contributed by atoms with Crippen LogP contribution in [0.4, 0.5) is 11.4 Å². The Bertz CT molecular complexity index is 554. The first-order valence-electron chi connectivity index (χ1n) is 5.31. The standard InChI is InChI=1S/C11H15N3O4/c1-11(2,3)8(15)6-13-5-4-7(12)9(10(13)16)14(17)18/h4-5H,6,12H2,1-3H3.